The van der Waals surface area contributed by atoms with Crippen LogP contribution in [0.3, 0.4) is 0 Å². The van der Waals surface area contributed by atoms with Gasteiger partial charge in [-0.25, -0.2) is 4.79 Å². The van der Waals surface area contributed by atoms with Crippen molar-refractivity contribution < 1.29 is 9.59 Å². The number of halogens is 2. The Morgan fingerprint density at radius 1 is 0.912 bits per heavy atom. The van der Waals surface area contributed by atoms with E-state index in [1.807, 2.05) is 57.2 Å². The van der Waals surface area contributed by atoms with Crippen LogP contribution in [0.5, 0.6) is 0 Å². The molecule has 0 radical (unpaired) electrons. The number of thiophene rings is 1. The van der Waals surface area contributed by atoms with Crippen LogP contribution < -0.4 is 5.32 Å². The van der Waals surface area contributed by atoms with Crippen LogP contribution in [0.25, 0.3) is 0 Å². The predicted octanol–water partition coefficient (Wildman–Crippen LogP) is 7.08. The monoisotopic (exact) mass is 517 g/mol. The van der Waals surface area contributed by atoms with Gasteiger partial charge in [-0.05, 0) is 42.7 Å². The second kappa shape index (κ2) is 12.2. The van der Waals surface area contributed by atoms with Crippen molar-refractivity contribution in [2.75, 3.05) is 18.4 Å². The van der Waals surface area contributed by atoms with E-state index in [1.54, 1.807) is 34.4 Å². The Balaban J connectivity index is 1.79. The molecule has 1 heterocycles. The van der Waals surface area contributed by atoms with E-state index in [-0.39, 0.29) is 18.4 Å². The molecule has 0 aliphatic carbocycles. The van der Waals surface area contributed by atoms with Crippen LogP contribution >= 0.6 is 34.5 Å². The molecule has 8 heteroatoms. The number of benzene rings is 2. The van der Waals surface area contributed by atoms with Crippen LogP contribution in [-0.2, 0) is 17.9 Å². The van der Waals surface area contributed by atoms with E-state index in [4.69, 9.17) is 23.2 Å². The highest BCUT2D eigenvalue weighted by Crippen LogP contribution is 2.30. The molecule has 3 aromatic rings. The second-order valence-electron chi connectivity index (χ2n) is 8.55. The zero-order valence-corrected chi connectivity index (χ0v) is 21.9. The molecule has 0 saturated carbocycles. The van der Waals surface area contributed by atoms with Crippen LogP contribution in [0.2, 0.25) is 10.0 Å². The number of aryl methyl sites for hydroxylation is 1. The van der Waals surface area contributed by atoms with Crippen LogP contribution in [0.1, 0.15) is 29.2 Å². The third kappa shape index (κ3) is 7.49. The Hall–Kier alpha value is -2.54. The molecule has 0 aliphatic heterocycles. The van der Waals surface area contributed by atoms with Gasteiger partial charge in [0.1, 0.15) is 6.54 Å². The Morgan fingerprint density at radius 2 is 1.59 bits per heavy atom. The van der Waals surface area contributed by atoms with Gasteiger partial charge in [-0.2, -0.15) is 0 Å². The van der Waals surface area contributed by atoms with Crippen molar-refractivity contribution in [1.82, 2.24) is 9.80 Å². The van der Waals surface area contributed by atoms with Crippen LogP contribution in [0, 0.1) is 12.8 Å². The lowest BCUT2D eigenvalue weighted by molar-refractivity contribution is -0.133. The van der Waals surface area contributed by atoms with Crippen molar-refractivity contribution >= 4 is 52.2 Å². The molecule has 2 aromatic carbocycles. The lowest BCUT2D eigenvalue weighted by atomic mass is 10.2. The van der Waals surface area contributed by atoms with Gasteiger partial charge < -0.3 is 15.1 Å². The number of nitrogens with zero attached hydrogens (tertiary/aromatic N) is 2. The maximum absolute atomic E-state index is 13.5. The van der Waals surface area contributed by atoms with E-state index in [1.165, 1.54) is 9.78 Å². The summed E-state index contributed by atoms with van der Waals surface area (Å²) in [5.74, 6) is 0.0405. The van der Waals surface area contributed by atoms with E-state index in [0.29, 0.717) is 35.4 Å². The van der Waals surface area contributed by atoms with Crippen molar-refractivity contribution in [1.29, 1.82) is 0 Å². The van der Waals surface area contributed by atoms with Gasteiger partial charge in [-0.3, -0.25) is 4.79 Å². The quantitative estimate of drug-likeness (QED) is 0.329. The van der Waals surface area contributed by atoms with Gasteiger partial charge >= 0.3 is 6.03 Å². The summed E-state index contributed by atoms with van der Waals surface area (Å²) in [6.45, 7) is 7.36. The standard InChI is InChI=1S/C26H29Cl2N3O2S/c1-18(2)14-31(26(33)29-25-22(27)10-7-11-23(25)28)17-24(32)30(15-20-8-5-4-6-9-20)16-21-13-12-19(3)34-21/h4-13,18H,14-17H2,1-3H3,(H,29,33). The third-order valence-electron chi connectivity index (χ3n) is 5.11. The van der Waals surface area contributed by atoms with Crippen molar-refractivity contribution in [3.05, 3.63) is 86.0 Å². The molecule has 0 fully saturated rings. The number of urea groups is 1. The first-order valence-electron chi connectivity index (χ1n) is 11.1. The highest BCUT2D eigenvalue weighted by Gasteiger charge is 2.24. The molecule has 0 bridgehead atoms. The molecular weight excluding hydrogens is 489 g/mol. The maximum Gasteiger partial charge on any atom is 0.322 e. The fourth-order valence-electron chi connectivity index (χ4n) is 3.52. The highest BCUT2D eigenvalue weighted by molar-refractivity contribution is 7.11. The minimum absolute atomic E-state index is 0.0523. The maximum atomic E-state index is 13.5. The molecule has 0 saturated heterocycles. The normalized spacial score (nSPS) is 10.9. The third-order valence-corrected chi connectivity index (χ3v) is 6.72. The summed E-state index contributed by atoms with van der Waals surface area (Å²) < 4.78 is 0. The van der Waals surface area contributed by atoms with Gasteiger partial charge in [0.2, 0.25) is 5.91 Å². The molecule has 0 unspecified atom stereocenters. The number of nitrogens with one attached hydrogen (secondary N) is 1. The van der Waals surface area contributed by atoms with E-state index in [9.17, 15) is 9.59 Å². The molecule has 180 valence electrons. The summed E-state index contributed by atoms with van der Waals surface area (Å²) >= 11 is 14.1. The van der Waals surface area contributed by atoms with Crippen LogP contribution in [0.4, 0.5) is 10.5 Å². The van der Waals surface area contributed by atoms with Gasteiger partial charge in [0, 0.05) is 22.8 Å². The molecule has 0 atom stereocenters. The average molecular weight is 519 g/mol. The number of amides is 3. The van der Waals surface area contributed by atoms with Crippen LogP contribution in [0.15, 0.2) is 60.7 Å². The number of hydrogen-bond acceptors (Lipinski definition) is 3. The second-order valence-corrected chi connectivity index (χ2v) is 10.7. The fraction of sp³-hybridized carbons (Fsp3) is 0.308. The van der Waals surface area contributed by atoms with Gasteiger partial charge in [0.05, 0.1) is 22.3 Å². The molecule has 34 heavy (non-hydrogen) atoms. The van der Waals surface area contributed by atoms with E-state index < -0.39 is 6.03 Å². The molecule has 1 aromatic heterocycles. The number of carbonyl (C=O) groups excluding carboxylic acids is 2. The van der Waals surface area contributed by atoms with Gasteiger partial charge in [0.25, 0.3) is 0 Å². The van der Waals surface area contributed by atoms with Crippen molar-refractivity contribution in [3.63, 3.8) is 0 Å². The van der Waals surface area contributed by atoms with Gasteiger partial charge in [0.15, 0.2) is 0 Å². The van der Waals surface area contributed by atoms with Crippen molar-refractivity contribution in [3.8, 4) is 0 Å². The predicted molar refractivity (Wildman–Crippen MR) is 142 cm³/mol. The largest absolute Gasteiger partial charge is 0.332 e. The van der Waals surface area contributed by atoms with E-state index in [0.717, 1.165) is 10.4 Å². The summed E-state index contributed by atoms with van der Waals surface area (Å²) in [5, 5.41) is 3.47. The van der Waals surface area contributed by atoms with E-state index >= 15 is 0 Å². The number of anilines is 1. The first kappa shape index (κ1) is 26.1. The molecule has 0 spiro atoms. The smallest absolute Gasteiger partial charge is 0.322 e. The summed E-state index contributed by atoms with van der Waals surface area (Å²) in [6, 6.07) is 18.6. The average Bonchev–Trinajstić information content (AvgIpc) is 3.20. The lowest BCUT2D eigenvalue weighted by Gasteiger charge is -2.29. The van der Waals surface area contributed by atoms with E-state index in [2.05, 4.69) is 11.4 Å². The molecule has 1 N–H and O–H groups in total. The zero-order chi connectivity index (χ0) is 24.7. The molecule has 5 nitrogen and oxygen atoms in total. The first-order chi connectivity index (χ1) is 16.2. The molecule has 3 rings (SSSR count). The Kier molecular flexibility index (Phi) is 9.39. The number of hydrogen-bond donors (Lipinski definition) is 1. The number of rotatable bonds is 9. The minimum atomic E-state index is -0.413. The SMILES string of the molecule is Cc1ccc(CN(Cc2ccccc2)C(=O)CN(CC(C)C)C(=O)Nc2c(Cl)cccc2Cl)s1. The lowest BCUT2D eigenvalue weighted by Crippen LogP contribution is -2.45. The Morgan fingerprint density at radius 3 is 2.18 bits per heavy atom. The highest BCUT2D eigenvalue weighted by atomic mass is 35.5. The molecule has 0 aliphatic rings. The number of carbonyl (C=O) groups is 2. The Labute approximate surface area is 215 Å². The van der Waals surface area contributed by atoms with Crippen molar-refractivity contribution in [2.24, 2.45) is 5.92 Å². The fourth-order valence-corrected chi connectivity index (χ4v) is 4.92. The van der Waals surface area contributed by atoms with Gasteiger partial charge in [-0.1, -0.05) is 73.4 Å². The number of para-hydroxylation sites is 1. The first-order valence-corrected chi connectivity index (χ1v) is 12.7. The summed E-state index contributed by atoms with van der Waals surface area (Å²) in [6.07, 6.45) is 0. The minimum Gasteiger partial charge on any atom is -0.332 e. The summed E-state index contributed by atoms with van der Waals surface area (Å²) in [4.78, 5) is 32.3. The van der Waals surface area contributed by atoms with Gasteiger partial charge in [-0.15, -0.1) is 11.3 Å². The molecular formula is C26H29Cl2N3O2S. The topological polar surface area (TPSA) is 52.7 Å². The van der Waals surface area contributed by atoms with Crippen LogP contribution in [-0.4, -0.2) is 34.8 Å². The zero-order valence-electron chi connectivity index (χ0n) is 19.6. The summed E-state index contributed by atoms with van der Waals surface area (Å²) in [5.41, 5.74) is 1.37. The Bertz CT molecular complexity index is 1100. The summed E-state index contributed by atoms with van der Waals surface area (Å²) in [7, 11) is 0. The van der Waals surface area contributed by atoms with Crippen molar-refractivity contribution in [2.45, 2.75) is 33.9 Å². The molecule has 3 amide bonds.